The van der Waals surface area contributed by atoms with E-state index in [1.807, 2.05) is 0 Å². The van der Waals surface area contributed by atoms with Crippen molar-refractivity contribution in [2.45, 2.75) is 19.1 Å². The van der Waals surface area contributed by atoms with Gasteiger partial charge in [0.2, 0.25) is 0 Å². The zero-order valence-corrected chi connectivity index (χ0v) is 13.0. The second-order valence-electron chi connectivity index (χ2n) is 4.81. The number of nitrogens with two attached hydrogens (primary N) is 1. The van der Waals surface area contributed by atoms with Crippen molar-refractivity contribution < 1.29 is 23.7 Å². The van der Waals surface area contributed by atoms with Crippen molar-refractivity contribution >= 4 is 12.2 Å². The molecule has 1 aromatic rings. The highest BCUT2D eigenvalue weighted by molar-refractivity contribution is 5.82. The Hall–Kier alpha value is -2.32. The molecule has 0 aliphatic carbocycles. The molecule has 8 heteroatoms. The Morgan fingerprint density at radius 3 is 2.91 bits per heavy atom. The number of benzene rings is 1. The van der Waals surface area contributed by atoms with E-state index >= 15 is 0 Å². The summed E-state index contributed by atoms with van der Waals surface area (Å²) >= 11 is 0. The van der Waals surface area contributed by atoms with Crippen LogP contribution in [-0.4, -0.2) is 45.5 Å². The Labute approximate surface area is 134 Å². The Balaban J connectivity index is 1.92. The topological polar surface area (TPSA) is 104 Å². The van der Waals surface area contributed by atoms with Crippen LogP contribution in [0.25, 0.3) is 0 Å². The lowest BCUT2D eigenvalue weighted by Crippen LogP contribution is -2.26. The number of primary amides is 1. The maximum atomic E-state index is 10.6. The van der Waals surface area contributed by atoms with Crippen molar-refractivity contribution in [3.05, 3.63) is 23.8 Å². The first-order chi connectivity index (χ1) is 11.2. The van der Waals surface area contributed by atoms with Crippen LogP contribution in [-0.2, 0) is 9.47 Å². The molecule has 126 valence electrons. The lowest BCUT2D eigenvalue weighted by atomic mass is 10.2. The van der Waals surface area contributed by atoms with Gasteiger partial charge in [0.25, 0.3) is 0 Å². The van der Waals surface area contributed by atoms with Crippen molar-refractivity contribution in [3.8, 4) is 11.5 Å². The van der Waals surface area contributed by atoms with E-state index < -0.39 is 6.03 Å². The molecule has 1 aliphatic rings. The molecular formula is C15H21N3O5. The third-order valence-electron chi connectivity index (χ3n) is 3.08. The summed E-state index contributed by atoms with van der Waals surface area (Å²) in [5.74, 6) is 1.18. The zero-order chi connectivity index (χ0) is 16.5. The predicted molar refractivity (Wildman–Crippen MR) is 83.7 cm³/mol. The van der Waals surface area contributed by atoms with E-state index in [0.29, 0.717) is 37.7 Å². The van der Waals surface area contributed by atoms with Crippen molar-refractivity contribution in [2.24, 2.45) is 10.8 Å². The minimum absolute atomic E-state index is 0.223. The van der Waals surface area contributed by atoms with Gasteiger partial charge in [0, 0.05) is 6.42 Å². The minimum Gasteiger partial charge on any atom is -0.493 e. The van der Waals surface area contributed by atoms with Crippen molar-refractivity contribution in [2.75, 3.05) is 26.9 Å². The van der Waals surface area contributed by atoms with Gasteiger partial charge in [0.1, 0.15) is 0 Å². The number of amides is 2. The van der Waals surface area contributed by atoms with E-state index in [4.69, 9.17) is 24.7 Å². The molecule has 0 saturated carbocycles. The van der Waals surface area contributed by atoms with E-state index in [9.17, 15) is 4.79 Å². The standard InChI is InChI=1S/C15H21N3O5/c1-20-12-4-3-11(10-17-18-15(16)19)9-13(12)21-8-5-14-22-6-2-7-23-14/h3-4,9-10,14H,2,5-8H2,1H3,(H3,16,18,19). The van der Waals surface area contributed by atoms with Crippen LogP contribution in [0.2, 0.25) is 0 Å². The summed E-state index contributed by atoms with van der Waals surface area (Å²) in [5, 5.41) is 3.71. The monoisotopic (exact) mass is 323 g/mol. The fourth-order valence-electron chi connectivity index (χ4n) is 2.03. The van der Waals surface area contributed by atoms with Gasteiger partial charge in [0.15, 0.2) is 17.8 Å². The van der Waals surface area contributed by atoms with Crippen LogP contribution in [0.4, 0.5) is 4.79 Å². The Kier molecular flexibility index (Phi) is 6.64. The normalized spacial score (nSPS) is 15.5. The second-order valence-corrected chi connectivity index (χ2v) is 4.81. The molecule has 1 heterocycles. The van der Waals surface area contributed by atoms with Gasteiger partial charge in [-0.2, -0.15) is 5.10 Å². The molecule has 8 nitrogen and oxygen atoms in total. The molecule has 2 rings (SSSR count). The van der Waals surface area contributed by atoms with Crippen LogP contribution in [0.1, 0.15) is 18.4 Å². The fourth-order valence-corrected chi connectivity index (χ4v) is 2.03. The summed E-state index contributed by atoms with van der Waals surface area (Å²) in [6.07, 6.45) is 2.79. The lowest BCUT2D eigenvalue weighted by molar-refractivity contribution is -0.183. The maximum absolute atomic E-state index is 10.6. The number of hydrazone groups is 1. The van der Waals surface area contributed by atoms with Gasteiger partial charge in [-0.1, -0.05) is 0 Å². The van der Waals surface area contributed by atoms with Gasteiger partial charge < -0.3 is 24.7 Å². The van der Waals surface area contributed by atoms with Crippen LogP contribution in [0.3, 0.4) is 0 Å². The molecule has 3 N–H and O–H groups in total. The van der Waals surface area contributed by atoms with Gasteiger partial charge in [-0.3, -0.25) is 0 Å². The number of urea groups is 1. The fraction of sp³-hybridized carbons (Fsp3) is 0.467. The molecule has 23 heavy (non-hydrogen) atoms. The predicted octanol–water partition coefficient (Wildman–Crippen LogP) is 1.23. The average molecular weight is 323 g/mol. The van der Waals surface area contributed by atoms with Crippen LogP contribution in [0, 0.1) is 0 Å². The summed E-state index contributed by atoms with van der Waals surface area (Å²) < 4.78 is 21.9. The number of carbonyl (C=O) groups excluding carboxylic acids is 1. The lowest BCUT2D eigenvalue weighted by Gasteiger charge is -2.23. The number of carbonyl (C=O) groups is 1. The smallest absolute Gasteiger partial charge is 0.332 e. The zero-order valence-electron chi connectivity index (χ0n) is 13.0. The van der Waals surface area contributed by atoms with Crippen molar-refractivity contribution in [1.29, 1.82) is 0 Å². The van der Waals surface area contributed by atoms with E-state index in [1.165, 1.54) is 6.21 Å². The van der Waals surface area contributed by atoms with Gasteiger partial charge in [-0.15, -0.1) is 0 Å². The van der Waals surface area contributed by atoms with Gasteiger partial charge in [0.05, 0.1) is 33.1 Å². The van der Waals surface area contributed by atoms with Crippen LogP contribution >= 0.6 is 0 Å². The number of hydrogen-bond donors (Lipinski definition) is 2. The number of ether oxygens (including phenoxy) is 4. The van der Waals surface area contributed by atoms with Crippen LogP contribution in [0.15, 0.2) is 23.3 Å². The number of hydrogen-bond acceptors (Lipinski definition) is 6. The Bertz CT molecular complexity index is 544. The molecule has 2 amide bonds. The van der Waals surface area contributed by atoms with Crippen LogP contribution < -0.4 is 20.6 Å². The van der Waals surface area contributed by atoms with E-state index in [0.717, 1.165) is 12.0 Å². The summed E-state index contributed by atoms with van der Waals surface area (Å²) in [6.45, 7) is 1.86. The minimum atomic E-state index is -0.723. The van der Waals surface area contributed by atoms with E-state index in [1.54, 1.807) is 25.3 Å². The molecule has 1 saturated heterocycles. The summed E-state index contributed by atoms with van der Waals surface area (Å²) in [6, 6.07) is 4.58. The molecule has 1 aliphatic heterocycles. The van der Waals surface area contributed by atoms with E-state index in [-0.39, 0.29) is 6.29 Å². The summed E-state index contributed by atoms with van der Waals surface area (Å²) in [7, 11) is 1.57. The summed E-state index contributed by atoms with van der Waals surface area (Å²) in [4.78, 5) is 10.6. The molecule has 1 aromatic carbocycles. The average Bonchev–Trinajstić information content (AvgIpc) is 2.56. The summed E-state index contributed by atoms with van der Waals surface area (Å²) in [5.41, 5.74) is 7.80. The molecule has 0 bridgehead atoms. The highest BCUT2D eigenvalue weighted by Crippen LogP contribution is 2.28. The number of nitrogens with zero attached hydrogens (tertiary/aromatic N) is 1. The van der Waals surface area contributed by atoms with Crippen molar-refractivity contribution in [1.82, 2.24) is 5.43 Å². The number of methoxy groups -OCH3 is 1. The highest BCUT2D eigenvalue weighted by atomic mass is 16.7. The van der Waals surface area contributed by atoms with Gasteiger partial charge in [-0.05, 0) is 30.2 Å². The first-order valence-electron chi connectivity index (χ1n) is 7.31. The third kappa shape index (κ3) is 5.76. The van der Waals surface area contributed by atoms with Crippen LogP contribution in [0.5, 0.6) is 11.5 Å². The molecule has 0 spiro atoms. The first-order valence-corrected chi connectivity index (χ1v) is 7.31. The molecule has 0 atom stereocenters. The molecule has 0 radical (unpaired) electrons. The number of rotatable bonds is 7. The van der Waals surface area contributed by atoms with Crippen molar-refractivity contribution in [3.63, 3.8) is 0 Å². The second kappa shape index (κ2) is 8.96. The molecule has 0 unspecified atom stereocenters. The maximum Gasteiger partial charge on any atom is 0.332 e. The quantitative estimate of drug-likeness (QED) is 0.580. The third-order valence-corrected chi connectivity index (χ3v) is 3.08. The Morgan fingerprint density at radius 2 is 2.22 bits per heavy atom. The first kappa shape index (κ1) is 17.0. The number of nitrogens with one attached hydrogen (secondary N) is 1. The molecular weight excluding hydrogens is 302 g/mol. The molecule has 1 fully saturated rings. The largest absolute Gasteiger partial charge is 0.493 e. The van der Waals surface area contributed by atoms with Gasteiger partial charge in [-0.25, -0.2) is 10.2 Å². The van der Waals surface area contributed by atoms with Gasteiger partial charge >= 0.3 is 6.03 Å². The SMILES string of the molecule is COc1ccc(C=NNC(N)=O)cc1OCCC1OCCCO1. The Morgan fingerprint density at radius 1 is 1.43 bits per heavy atom. The highest BCUT2D eigenvalue weighted by Gasteiger charge is 2.14. The molecule has 0 aromatic heterocycles. The van der Waals surface area contributed by atoms with E-state index in [2.05, 4.69) is 10.5 Å².